The SMILES string of the molecule is Cc1ccc(NC(=O)C(C)Oc2ccccc2)cc1S(N)(=O)=O. The molecule has 7 heteroatoms. The molecule has 0 aromatic heterocycles. The Morgan fingerprint density at radius 1 is 1.17 bits per heavy atom. The third kappa shape index (κ3) is 4.54. The summed E-state index contributed by atoms with van der Waals surface area (Å²) in [6, 6.07) is 13.5. The van der Waals surface area contributed by atoms with Crippen molar-refractivity contribution in [2.45, 2.75) is 24.8 Å². The zero-order valence-electron chi connectivity index (χ0n) is 12.8. The summed E-state index contributed by atoms with van der Waals surface area (Å²) < 4.78 is 28.5. The smallest absolute Gasteiger partial charge is 0.265 e. The molecule has 0 aliphatic rings. The fourth-order valence-corrected chi connectivity index (χ4v) is 2.79. The number of aryl methyl sites for hydroxylation is 1. The molecule has 6 nitrogen and oxygen atoms in total. The summed E-state index contributed by atoms with van der Waals surface area (Å²) in [6.07, 6.45) is -0.739. The number of ether oxygens (including phenoxy) is 1. The first-order valence-electron chi connectivity index (χ1n) is 6.93. The van der Waals surface area contributed by atoms with E-state index < -0.39 is 22.0 Å². The Bertz CT molecular complexity index is 804. The first kappa shape index (κ1) is 17.0. The molecule has 0 bridgehead atoms. The second kappa shape index (κ2) is 6.80. The van der Waals surface area contributed by atoms with E-state index in [1.165, 1.54) is 6.07 Å². The fourth-order valence-electron chi connectivity index (χ4n) is 1.98. The number of benzene rings is 2. The Hall–Kier alpha value is -2.38. The Labute approximate surface area is 135 Å². The van der Waals surface area contributed by atoms with Crippen molar-refractivity contribution in [3.63, 3.8) is 0 Å². The highest BCUT2D eigenvalue weighted by Gasteiger charge is 2.17. The van der Waals surface area contributed by atoms with Gasteiger partial charge in [0.1, 0.15) is 5.75 Å². The molecule has 3 N–H and O–H groups in total. The van der Waals surface area contributed by atoms with Crippen LogP contribution in [-0.2, 0) is 14.8 Å². The lowest BCUT2D eigenvalue weighted by molar-refractivity contribution is -0.122. The normalized spacial score (nSPS) is 12.5. The third-order valence-corrected chi connectivity index (χ3v) is 4.24. The average molecular weight is 334 g/mol. The van der Waals surface area contributed by atoms with E-state index in [1.807, 2.05) is 6.07 Å². The van der Waals surface area contributed by atoms with Crippen LogP contribution >= 0.6 is 0 Å². The molecule has 1 unspecified atom stereocenters. The minimum absolute atomic E-state index is 0.0214. The highest BCUT2D eigenvalue weighted by atomic mass is 32.2. The van der Waals surface area contributed by atoms with E-state index in [0.717, 1.165) is 0 Å². The molecule has 0 fully saturated rings. The predicted molar refractivity (Wildman–Crippen MR) is 87.7 cm³/mol. The molecule has 0 saturated heterocycles. The molecule has 0 spiro atoms. The van der Waals surface area contributed by atoms with Crippen molar-refractivity contribution in [2.24, 2.45) is 5.14 Å². The topological polar surface area (TPSA) is 98.5 Å². The number of sulfonamides is 1. The van der Waals surface area contributed by atoms with Crippen LogP contribution in [0.3, 0.4) is 0 Å². The summed E-state index contributed by atoms with van der Waals surface area (Å²) >= 11 is 0. The molecular formula is C16H18N2O4S. The quantitative estimate of drug-likeness (QED) is 0.874. The van der Waals surface area contributed by atoms with Gasteiger partial charge >= 0.3 is 0 Å². The van der Waals surface area contributed by atoms with E-state index in [2.05, 4.69) is 5.32 Å². The summed E-state index contributed by atoms with van der Waals surface area (Å²) in [5, 5.41) is 7.77. The van der Waals surface area contributed by atoms with Crippen LogP contribution in [-0.4, -0.2) is 20.4 Å². The van der Waals surface area contributed by atoms with Crippen molar-refractivity contribution in [3.05, 3.63) is 54.1 Å². The van der Waals surface area contributed by atoms with E-state index in [0.29, 0.717) is 17.0 Å². The van der Waals surface area contributed by atoms with Crippen molar-refractivity contribution >= 4 is 21.6 Å². The van der Waals surface area contributed by atoms with Gasteiger partial charge in [0.2, 0.25) is 10.0 Å². The Kier molecular flexibility index (Phi) is 5.02. The van der Waals surface area contributed by atoms with Gasteiger partial charge in [0.05, 0.1) is 4.90 Å². The number of carbonyl (C=O) groups excluding carboxylic acids is 1. The van der Waals surface area contributed by atoms with Gasteiger partial charge in [-0.25, -0.2) is 13.6 Å². The van der Waals surface area contributed by atoms with Gasteiger partial charge in [0.15, 0.2) is 6.10 Å². The van der Waals surface area contributed by atoms with Crippen molar-refractivity contribution in [1.82, 2.24) is 0 Å². The van der Waals surface area contributed by atoms with Crippen LogP contribution in [0.25, 0.3) is 0 Å². The number of hydrogen-bond donors (Lipinski definition) is 2. The molecule has 23 heavy (non-hydrogen) atoms. The fraction of sp³-hybridized carbons (Fsp3) is 0.188. The second-order valence-corrected chi connectivity index (χ2v) is 6.62. The van der Waals surface area contributed by atoms with Crippen molar-refractivity contribution in [3.8, 4) is 5.75 Å². The van der Waals surface area contributed by atoms with E-state index in [4.69, 9.17) is 9.88 Å². The molecule has 0 saturated carbocycles. The summed E-state index contributed by atoms with van der Waals surface area (Å²) in [4.78, 5) is 12.1. The Morgan fingerprint density at radius 2 is 1.83 bits per heavy atom. The molecule has 1 amide bonds. The second-order valence-electron chi connectivity index (χ2n) is 5.09. The van der Waals surface area contributed by atoms with Crippen LogP contribution in [0.2, 0.25) is 0 Å². The van der Waals surface area contributed by atoms with E-state index in [1.54, 1.807) is 50.2 Å². The summed E-state index contributed by atoms with van der Waals surface area (Å²) in [5.74, 6) is 0.183. The maximum absolute atomic E-state index is 12.1. The first-order chi connectivity index (χ1) is 10.8. The average Bonchev–Trinajstić information content (AvgIpc) is 2.49. The number of para-hydroxylation sites is 1. The van der Waals surface area contributed by atoms with Gasteiger partial charge in [-0.05, 0) is 43.7 Å². The van der Waals surface area contributed by atoms with E-state index in [-0.39, 0.29) is 4.90 Å². The molecule has 2 rings (SSSR count). The molecule has 1 atom stereocenters. The minimum Gasteiger partial charge on any atom is -0.481 e. The standard InChI is InChI=1S/C16H18N2O4S/c1-11-8-9-13(10-15(11)23(17,20)21)18-16(19)12(2)22-14-6-4-3-5-7-14/h3-10,12H,1-2H3,(H,18,19)(H2,17,20,21). The van der Waals surface area contributed by atoms with Gasteiger partial charge in [-0.2, -0.15) is 0 Å². The molecular weight excluding hydrogens is 316 g/mol. The zero-order chi connectivity index (χ0) is 17.0. The summed E-state index contributed by atoms with van der Waals surface area (Å²) in [5.41, 5.74) is 0.854. The number of nitrogens with one attached hydrogen (secondary N) is 1. The molecule has 0 heterocycles. The maximum atomic E-state index is 12.1. The molecule has 0 aliphatic heterocycles. The largest absolute Gasteiger partial charge is 0.481 e. The predicted octanol–water partition coefficient (Wildman–Crippen LogP) is 2.05. The van der Waals surface area contributed by atoms with E-state index in [9.17, 15) is 13.2 Å². The number of hydrogen-bond acceptors (Lipinski definition) is 4. The number of anilines is 1. The van der Waals surface area contributed by atoms with Gasteiger partial charge in [0.25, 0.3) is 5.91 Å². The lowest BCUT2D eigenvalue weighted by Gasteiger charge is -2.15. The monoisotopic (exact) mass is 334 g/mol. The van der Waals surface area contributed by atoms with Gasteiger partial charge in [-0.3, -0.25) is 4.79 Å². The number of amides is 1. The zero-order valence-corrected chi connectivity index (χ0v) is 13.6. The molecule has 2 aromatic carbocycles. The van der Waals surface area contributed by atoms with Crippen molar-refractivity contribution in [2.75, 3.05) is 5.32 Å². The summed E-state index contributed by atoms with van der Waals surface area (Å²) in [7, 11) is -3.84. The number of carbonyl (C=O) groups is 1. The number of primary sulfonamides is 1. The van der Waals surface area contributed by atoms with Crippen LogP contribution in [0.1, 0.15) is 12.5 Å². The minimum atomic E-state index is -3.84. The molecule has 122 valence electrons. The third-order valence-electron chi connectivity index (χ3n) is 3.19. The van der Waals surface area contributed by atoms with Crippen molar-refractivity contribution < 1.29 is 17.9 Å². The number of rotatable bonds is 5. The van der Waals surface area contributed by atoms with Crippen LogP contribution in [0.4, 0.5) is 5.69 Å². The molecule has 0 radical (unpaired) electrons. The lowest BCUT2D eigenvalue weighted by atomic mass is 10.2. The van der Waals surface area contributed by atoms with Crippen molar-refractivity contribution in [1.29, 1.82) is 0 Å². The molecule has 2 aromatic rings. The van der Waals surface area contributed by atoms with Gasteiger partial charge in [0, 0.05) is 5.69 Å². The highest BCUT2D eigenvalue weighted by Crippen LogP contribution is 2.19. The molecule has 0 aliphatic carbocycles. The Balaban J connectivity index is 2.11. The summed E-state index contributed by atoms with van der Waals surface area (Å²) in [6.45, 7) is 3.24. The maximum Gasteiger partial charge on any atom is 0.265 e. The van der Waals surface area contributed by atoms with Crippen LogP contribution in [0.15, 0.2) is 53.4 Å². The first-order valence-corrected chi connectivity index (χ1v) is 8.48. The number of nitrogens with two attached hydrogens (primary N) is 1. The Morgan fingerprint density at radius 3 is 2.43 bits per heavy atom. The lowest BCUT2D eigenvalue weighted by Crippen LogP contribution is -2.30. The highest BCUT2D eigenvalue weighted by molar-refractivity contribution is 7.89. The van der Waals surface area contributed by atoms with Crippen LogP contribution in [0.5, 0.6) is 5.75 Å². The van der Waals surface area contributed by atoms with Gasteiger partial charge in [-0.1, -0.05) is 24.3 Å². The van der Waals surface area contributed by atoms with E-state index >= 15 is 0 Å². The van der Waals surface area contributed by atoms with Crippen LogP contribution < -0.4 is 15.2 Å². The van der Waals surface area contributed by atoms with Gasteiger partial charge in [-0.15, -0.1) is 0 Å². The van der Waals surface area contributed by atoms with Crippen LogP contribution in [0, 0.1) is 6.92 Å². The van der Waals surface area contributed by atoms with Gasteiger partial charge < -0.3 is 10.1 Å².